The van der Waals surface area contributed by atoms with Crippen LogP contribution in [0.5, 0.6) is 0 Å². The number of fused-ring (bicyclic) bond motifs is 1. The number of likely N-dealkylation sites (tertiary alicyclic amines) is 2. The van der Waals surface area contributed by atoms with Gasteiger partial charge < -0.3 is 35.6 Å². The number of hydrogen-bond donors (Lipinski definition) is 4. The number of carbonyl (C=O) groups excluding carboxylic acids is 3. The number of carbonyl (C=O) groups is 3. The second-order valence-electron chi connectivity index (χ2n) is 13.9. The summed E-state index contributed by atoms with van der Waals surface area (Å²) >= 11 is 0. The van der Waals surface area contributed by atoms with E-state index in [2.05, 4.69) is 32.1 Å². The molecule has 12 nitrogen and oxygen atoms in total. The van der Waals surface area contributed by atoms with E-state index >= 15 is 0 Å². The van der Waals surface area contributed by atoms with Crippen molar-refractivity contribution >= 4 is 28.9 Å². The Bertz CT molecular complexity index is 1920. The van der Waals surface area contributed by atoms with Crippen LogP contribution in [0, 0.1) is 23.7 Å². The lowest BCUT2D eigenvalue weighted by molar-refractivity contribution is -0.136. The Hall–Kier alpha value is -5.15. The smallest absolute Gasteiger partial charge is 0.407 e. The third-order valence-corrected chi connectivity index (χ3v) is 9.74. The summed E-state index contributed by atoms with van der Waals surface area (Å²) in [5, 5.41) is 2.69. The van der Waals surface area contributed by atoms with Gasteiger partial charge in [0.25, 0.3) is 0 Å². The van der Waals surface area contributed by atoms with Crippen LogP contribution in [0.25, 0.3) is 22.3 Å². The number of imidazole rings is 2. The Morgan fingerprint density at radius 3 is 2.18 bits per heavy atom. The molecule has 0 radical (unpaired) electrons. The zero-order valence-electron chi connectivity index (χ0n) is 29.3. The summed E-state index contributed by atoms with van der Waals surface area (Å²) < 4.78 is 4.75. The first-order chi connectivity index (χ1) is 24.0. The number of ether oxygens (including phenoxy) is 1. The standard InChI is InChI=1S/C38H46N8O4/c1-22(2)32(39)36(47)45-18-6-8-30(45)34-40-21-29(43-34)26-15-12-24(13-16-26)10-11-25-14-17-27-28(20-25)42-35(41-27)31-9-7-19-46(31)37(48)33(23(3)4)44-38(49)50-5/h12-17,20-23,30-33H,6-9,18-19,39H2,1-5H3,(H,40,43)(H,41,42)(H,44,49)/t30-,31-,32+,33+/m0/s1. The molecule has 2 aromatic carbocycles. The lowest BCUT2D eigenvalue weighted by Gasteiger charge is -2.29. The summed E-state index contributed by atoms with van der Waals surface area (Å²) in [6, 6.07) is 12.3. The van der Waals surface area contributed by atoms with Crippen LogP contribution in [0.4, 0.5) is 4.79 Å². The topological polar surface area (TPSA) is 162 Å². The van der Waals surface area contributed by atoms with Crippen LogP contribution >= 0.6 is 0 Å². The van der Waals surface area contributed by atoms with Crippen molar-refractivity contribution in [2.75, 3.05) is 20.2 Å². The Morgan fingerprint density at radius 1 is 0.880 bits per heavy atom. The molecule has 12 heteroatoms. The van der Waals surface area contributed by atoms with Crippen LogP contribution in [-0.2, 0) is 14.3 Å². The zero-order chi connectivity index (χ0) is 35.5. The number of alkyl carbamates (subject to hydrolysis) is 1. The van der Waals surface area contributed by atoms with Crippen LogP contribution in [0.1, 0.15) is 88.2 Å². The highest BCUT2D eigenvalue weighted by Crippen LogP contribution is 2.34. The molecular formula is C38H46N8O4. The van der Waals surface area contributed by atoms with Gasteiger partial charge in [0.15, 0.2) is 0 Å². The van der Waals surface area contributed by atoms with E-state index in [-0.39, 0.29) is 35.7 Å². The average Bonchev–Trinajstić information content (AvgIpc) is 3.94. The minimum absolute atomic E-state index is 0.0194. The molecule has 0 spiro atoms. The molecule has 0 saturated carbocycles. The molecule has 5 N–H and O–H groups in total. The van der Waals surface area contributed by atoms with Gasteiger partial charge in [-0.1, -0.05) is 51.7 Å². The normalized spacial score (nSPS) is 18.7. The second kappa shape index (κ2) is 14.8. The van der Waals surface area contributed by atoms with Crippen molar-refractivity contribution in [1.82, 2.24) is 35.1 Å². The largest absolute Gasteiger partial charge is 0.453 e. The Morgan fingerprint density at radius 2 is 1.52 bits per heavy atom. The number of methoxy groups -OCH3 is 1. The van der Waals surface area contributed by atoms with Gasteiger partial charge in [-0.15, -0.1) is 0 Å². The van der Waals surface area contributed by atoms with Crippen molar-refractivity contribution in [3.63, 3.8) is 0 Å². The number of nitrogens with two attached hydrogens (primary N) is 1. The number of nitrogens with zero attached hydrogens (tertiary/aromatic N) is 4. The van der Waals surface area contributed by atoms with Gasteiger partial charge in [0, 0.05) is 24.2 Å². The fourth-order valence-corrected chi connectivity index (χ4v) is 6.78. The maximum absolute atomic E-state index is 13.5. The molecular weight excluding hydrogens is 632 g/mol. The van der Waals surface area contributed by atoms with Crippen LogP contribution in [-0.4, -0.2) is 79.9 Å². The summed E-state index contributed by atoms with van der Waals surface area (Å²) in [7, 11) is 1.29. The van der Waals surface area contributed by atoms with E-state index in [9.17, 15) is 14.4 Å². The van der Waals surface area contributed by atoms with Crippen molar-refractivity contribution < 1.29 is 19.1 Å². The molecule has 2 aromatic heterocycles. The van der Waals surface area contributed by atoms with Gasteiger partial charge in [0.1, 0.15) is 17.7 Å². The number of amides is 3. The van der Waals surface area contributed by atoms with Gasteiger partial charge in [0.2, 0.25) is 11.8 Å². The minimum Gasteiger partial charge on any atom is -0.453 e. The Kier molecular flexibility index (Phi) is 10.2. The maximum atomic E-state index is 13.5. The molecule has 2 fully saturated rings. The number of rotatable bonds is 8. The number of benzene rings is 2. The number of H-pyrrole nitrogens is 2. The van der Waals surface area contributed by atoms with E-state index in [0.29, 0.717) is 13.1 Å². The molecule has 50 heavy (non-hydrogen) atoms. The van der Waals surface area contributed by atoms with Crippen LogP contribution < -0.4 is 11.1 Å². The molecule has 2 aliphatic rings. The van der Waals surface area contributed by atoms with Gasteiger partial charge in [-0.05, 0) is 73.4 Å². The number of aromatic amines is 2. The predicted octanol–water partition coefficient (Wildman–Crippen LogP) is 5.04. The first-order valence-electron chi connectivity index (χ1n) is 17.4. The number of hydrogen-bond acceptors (Lipinski definition) is 7. The molecule has 4 atom stereocenters. The molecule has 4 aromatic rings. The molecule has 0 unspecified atom stereocenters. The highest BCUT2D eigenvalue weighted by Gasteiger charge is 2.38. The van der Waals surface area contributed by atoms with Gasteiger partial charge >= 0.3 is 6.09 Å². The molecule has 4 heterocycles. The molecule has 0 aliphatic carbocycles. The van der Waals surface area contributed by atoms with Crippen LogP contribution in [0.3, 0.4) is 0 Å². The highest BCUT2D eigenvalue weighted by molar-refractivity contribution is 5.87. The van der Waals surface area contributed by atoms with E-state index < -0.39 is 18.2 Å². The van der Waals surface area contributed by atoms with Crippen molar-refractivity contribution in [3.8, 4) is 23.1 Å². The first-order valence-corrected chi connectivity index (χ1v) is 17.4. The summed E-state index contributed by atoms with van der Waals surface area (Å²) in [4.78, 5) is 58.4. The van der Waals surface area contributed by atoms with Gasteiger partial charge in [-0.2, -0.15) is 0 Å². The summed E-state index contributed by atoms with van der Waals surface area (Å²) in [6.45, 7) is 9.02. The lowest BCUT2D eigenvalue weighted by atomic mass is 10.0. The van der Waals surface area contributed by atoms with Gasteiger partial charge in [-0.3, -0.25) is 9.59 Å². The van der Waals surface area contributed by atoms with Gasteiger partial charge in [0.05, 0.1) is 48.2 Å². The number of aromatic nitrogens is 4. The van der Waals surface area contributed by atoms with Crippen molar-refractivity contribution in [2.24, 2.45) is 17.6 Å². The third-order valence-electron chi connectivity index (χ3n) is 9.74. The molecule has 2 saturated heterocycles. The van der Waals surface area contributed by atoms with E-state index in [0.717, 1.165) is 70.7 Å². The van der Waals surface area contributed by atoms with E-state index in [1.165, 1.54) is 7.11 Å². The molecule has 0 bridgehead atoms. The van der Waals surface area contributed by atoms with Gasteiger partial charge in [-0.25, -0.2) is 14.8 Å². The average molecular weight is 679 g/mol. The second-order valence-corrected chi connectivity index (χ2v) is 13.9. The molecule has 3 amide bonds. The number of nitrogens with one attached hydrogen (secondary N) is 3. The zero-order valence-corrected chi connectivity index (χ0v) is 29.3. The molecule has 6 rings (SSSR count). The molecule has 262 valence electrons. The van der Waals surface area contributed by atoms with Crippen LogP contribution in [0.15, 0.2) is 48.7 Å². The molecule has 2 aliphatic heterocycles. The Balaban J connectivity index is 1.13. The highest BCUT2D eigenvalue weighted by atomic mass is 16.5. The first kappa shape index (κ1) is 34.7. The maximum Gasteiger partial charge on any atom is 0.407 e. The van der Waals surface area contributed by atoms with Crippen molar-refractivity contribution in [3.05, 3.63) is 71.4 Å². The lowest BCUT2D eigenvalue weighted by Crippen LogP contribution is -2.51. The third kappa shape index (κ3) is 7.23. The monoisotopic (exact) mass is 678 g/mol. The van der Waals surface area contributed by atoms with E-state index in [1.54, 1.807) is 4.90 Å². The SMILES string of the molecule is COC(=O)N[C@@H](C(=O)N1CCC[C@H]1c1nc2ccc(C#Cc3ccc(-c4cnc([C@@H]5CCCN5C(=O)[C@H](N)C(C)C)[nH]4)cc3)cc2[nH]1)C(C)C. The van der Waals surface area contributed by atoms with Crippen molar-refractivity contribution in [2.45, 2.75) is 77.5 Å². The fraction of sp³-hybridized carbons (Fsp3) is 0.447. The summed E-state index contributed by atoms with van der Waals surface area (Å²) in [5.41, 5.74) is 11.4. The summed E-state index contributed by atoms with van der Waals surface area (Å²) in [5.74, 6) is 7.84. The summed E-state index contributed by atoms with van der Waals surface area (Å²) in [6.07, 6.45) is 4.61. The van der Waals surface area contributed by atoms with Crippen molar-refractivity contribution in [1.29, 1.82) is 0 Å². The minimum atomic E-state index is -0.686. The fourth-order valence-electron chi connectivity index (χ4n) is 6.78. The Labute approximate surface area is 292 Å². The van der Waals surface area contributed by atoms with E-state index in [1.807, 2.05) is 81.3 Å². The quantitative estimate of drug-likeness (QED) is 0.190. The van der Waals surface area contributed by atoms with Crippen LogP contribution in [0.2, 0.25) is 0 Å². The van der Waals surface area contributed by atoms with E-state index in [4.69, 9.17) is 15.5 Å². The predicted molar refractivity (Wildman–Crippen MR) is 190 cm³/mol.